The topological polar surface area (TPSA) is 86.5 Å². The summed E-state index contributed by atoms with van der Waals surface area (Å²) in [4.78, 5) is 20.1. The number of aryl methyl sites for hydroxylation is 1. The number of thiophene rings is 1. The predicted octanol–water partition coefficient (Wildman–Crippen LogP) is 2.35. The summed E-state index contributed by atoms with van der Waals surface area (Å²) in [6, 6.07) is 1.16. The molecule has 0 saturated carbocycles. The van der Waals surface area contributed by atoms with Gasteiger partial charge in [-0.1, -0.05) is 0 Å². The smallest absolute Gasteiger partial charge is 0.268 e. The molecule has 0 amide bonds. The number of fused-ring (bicyclic) bond motifs is 1. The average Bonchev–Trinajstić information content (AvgIpc) is 3.16. The summed E-state index contributed by atoms with van der Waals surface area (Å²) in [7, 11) is 0. The first-order valence-corrected chi connectivity index (χ1v) is 7.90. The Morgan fingerprint density at radius 3 is 2.91 bits per heavy atom. The van der Waals surface area contributed by atoms with Crippen molar-refractivity contribution in [3.63, 3.8) is 0 Å². The Bertz CT molecular complexity index is 944. The molecule has 4 heterocycles. The molecule has 3 aromatic heterocycles. The summed E-state index contributed by atoms with van der Waals surface area (Å²) in [6.07, 6.45) is 1.33. The van der Waals surface area contributed by atoms with Gasteiger partial charge in [0.25, 0.3) is 11.5 Å². The van der Waals surface area contributed by atoms with E-state index >= 15 is 0 Å². The van der Waals surface area contributed by atoms with E-state index in [9.17, 15) is 13.6 Å². The molecule has 1 saturated heterocycles. The maximum atomic E-state index is 13.3. The third-order valence-corrected chi connectivity index (χ3v) is 5.09. The number of aromatic nitrogens is 4. The normalized spacial score (nSPS) is 20.4. The first kappa shape index (κ1) is 14.5. The Balaban J connectivity index is 1.79. The van der Waals surface area contributed by atoms with Crippen LogP contribution in [0.5, 0.6) is 0 Å². The van der Waals surface area contributed by atoms with Gasteiger partial charge in [-0.25, -0.2) is 13.8 Å². The van der Waals surface area contributed by atoms with Gasteiger partial charge in [0.1, 0.15) is 10.5 Å². The van der Waals surface area contributed by atoms with Crippen molar-refractivity contribution in [1.82, 2.24) is 25.5 Å². The third-order valence-electron chi connectivity index (χ3n) is 3.94. The van der Waals surface area contributed by atoms with Gasteiger partial charge in [-0.2, -0.15) is 5.10 Å². The van der Waals surface area contributed by atoms with Crippen LogP contribution in [0, 0.1) is 6.92 Å². The summed E-state index contributed by atoms with van der Waals surface area (Å²) in [6.45, 7) is 1.49. The molecule has 9 heteroatoms. The first-order valence-electron chi connectivity index (χ1n) is 7.08. The predicted molar refractivity (Wildman–Crippen MR) is 82.9 cm³/mol. The summed E-state index contributed by atoms with van der Waals surface area (Å²) in [5, 5.41) is 9.52. The van der Waals surface area contributed by atoms with Gasteiger partial charge in [0.15, 0.2) is 0 Å². The molecule has 1 aliphatic rings. The molecule has 6 nitrogen and oxygen atoms in total. The van der Waals surface area contributed by atoms with E-state index in [1.165, 1.54) is 11.3 Å². The van der Waals surface area contributed by atoms with E-state index in [0.717, 1.165) is 16.1 Å². The number of hydrogen-bond acceptors (Lipinski definition) is 5. The lowest BCUT2D eigenvalue weighted by Gasteiger charge is -2.09. The quantitative estimate of drug-likeness (QED) is 0.670. The second-order valence-corrected chi connectivity index (χ2v) is 6.73. The molecule has 4 rings (SSSR count). The van der Waals surface area contributed by atoms with Gasteiger partial charge in [-0.3, -0.25) is 9.89 Å². The molecule has 0 unspecified atom stereocenters. The monoisotopic (exact) mass is 337 g/mol. The molecule has 1 atom stereocenters. The van der Waals surface area contributed by atoms with Crippen LogP contribution in [0.4, 0.5) is 8.78 Å². The van der Waals surface area contributed by atoms with Crippen molar-refractivity contribution in [3.8, 4) is 10.4 Å². The number of alkyl halides is 2. The first-order chi connectivity index (χ1) is 10.9. The van der Waals surface area contributed by atoms with E-state index in [4.69, 9.17) is 0 Å². The van der Waals surface area contributed by atoms with Crippen molar-refractivity contribution in [3.05, 3.63) is 34.1 Å². The zero-order valence-corrected chi connectivity index (χ0v) is 12.9. The van der Waals surface area contributed by atoms with Crippen molar-refractivity contribution >= 4 is 21.6 Å². The van der Waals surface area contributed by atoms with Crippen LogP contribution in [0.2, 0.25) is 0 Å². The molecule has 0 radical (unpaired) electrons. The van der Waals surface area contributed by atoms with E-state index in [1.807, 2.05) is 6.92 Å². The molecule has 120 valence electrons. The van der Waals surface area contributed by atoms with Gasteiger partial charge in [0.05, 0.1) is 24.3 Å². The molecule has 23 heavy (non-hydrogen) atoms. The van der Waals surface area contributed by atoms with Gasteiger partial charge in [0, 0.05) is 22.6 Å². The lowest BCUT2D eigenvalue weighted by atomic mass is 10.2. The van der Waals surface area contributed by atoms with Crippen molar-refractivity contribution in [2.24, 2.45) is 0 Å². The van der Waals surface area contributed by atoms with Crippen molar-refractivity contribution < 1.29 is 8.78 Å². The molecule has 0 spiro atoms. The van der Waals surface area contributed by atoms with Crippen LogP contribution >= 0.6 is 11.3 Å². The number of hydrogen-bond donors (Lipinski definition) is 3. The molecule has 0 aliphatic carbocycles. The SMILES string of the molecule is Cc1[nH]ncc1-c1cc2nc([C@@H]3CC(F)(F)CN3)[nH]c(=O)c2s1. The number of rotatable bonds is 2. The number of nitrogens with zero attached hydrogens (tertiary/aromatic N) is 2. The minimum absolute atomic E-state index is 0.257. The highest BCUT2D eigenvalue weighted by atomic mass is 32.1. The van der Waals surface area contributed by atoms with Crippen LogP contribution in [-0.2, 0) is 0 Å². The van der Waals surface area contributed by atoms with Gasteiger partial charge in [-0.05, 0) is 13.0 Å². The average molecular weight is 337 g/mol. The standard InChI is InChI=1S/C14H13F2N5OS/c1-6-7(4-18-21-6)10-2-8-11(23-10)13(22)20-12(19-8)9-3-14(15,16)5-17-9/h2,4,9,17H,3,5H2,1H3,(H,18,21)(H,19,20,22)/t9-/m0/s1. The molecule has 0 bridgehead atoms. The molecule has 0 aromatic carbocycles. The lowest BCUT2D eigenvalue weighted by molar-refractivity contribution is 0.0208. The van der Waals surface area contributed by atoms with Crippen LogP contribution in [0.3, 0.4) is 0 Å². The fourth-order valence-electron chi connectivity index (χ4n) is 2.76. The molecular weight excluding hydrogens is 324 g/mol. The highest BCUT2D eigenvalue weighted by Crippen LogP contribution is 2.35. The maximum absolute atomic E-state index is 13.3. The minimum atomic E-state index is -2.77. The Morgan fingerprint density at radius 2 is 2.26 bits per heavy atom. The van der Waals surface area contributed by atoms with Crippen molar-refractivity contribution in [1.29, 1.82) is 0 Å². The van der Waals surface area contributed by atoms with Gasteiger partial charge in [0.2, 0.25) is 0 Å². The lowest BCUT2D eigenvalue weighted by Crippen LogP contribution is -2.21. The number of aromatic amines is 2. The molecule has 3 aromatic rings. The molecule has 1 aliphatic heterocycles. The Hall–Kier alpha value is -2.13. The summed E-state index contributed by atoms with van der Waals surface area (Å²) >= 11 is 1.31. The fourth-order valence-corrected chi connectivity index (χ4v) is 3.82. The highest BCUT2D eigenvalue weighted by molar-refractivity contribution is 7.22. The Morgan fingerprint density at radius 1 is 1.43 bits per heavy atom. The van der Waals surface area contributed by atoms with Crippen molar-refractivity contribution in [2.45, 2.75) is 25.3 Å². The molecule has 1 fully saturated rings. The van der Waals surface area contributed by atoms with Crippen LogP contribution in [-0.4, -0.2) is 32.6 Å². The number of H-pyrrole nitrogens is 2. The van der Waals surface area contributed by atoms with E-state index in [2.05, 4.69) is 25.5 Å². The minimum Gasteiger partial charge on any atom is -0.308 e. The molecular formula is C14H13F2N5OS. The van der Waals surface area contributed by atoms with Gasteiger partial charge in [-0.15, -0.1) is 11.3 Å². The Labute approximate surface area is 133 Å². The van der Waals surface area contributed by atoms with E-state index in [-0.39, 0.29) is 17.8 Å². The Kier molecular flexibility index (Phi) is 3.10. The van der Waals surface area contributed by atoms with E-state index < -0.39 is 18.5 Å². The third kappa shape index (κ3) is 2.45. The van der Waals surface area contributed by atoms with E-state index in [0.29, 0.717) is 10.2 Å². The van der Waals surface area contributed by atoms with Crippen LogP contribution in [0.15, 0.2) is 17.1 Å². The number of halogens is 2. The van der Waals surface area contributed by atoms with Gasteiger partial charge < -0.3 is 10.3 Å². The fraction of sp³-hybridized carbons (Fsp3) is 0.357. The van der Waals surface area contributed by atoms with Gasteiger partial charge >= 0.3 is 0 Å². The molecule has 3 N–H and O–H groups in total. The number of nitrogens with one attached hydrogen (secondary N) is 3. The second kappa shape index (κ2) is 4.93. The highest BCUT2D eigenvalue weighted by Gasteiger charge is 2.41. The largest absolute Gasteiger partial charge is 0.308 e. The van der Waals surface area contributed by atoms with Crippen LogP contribution in [0.25, 0.3) is 20.7 Å². The van der Waals surface area contributed by atoms with Crippen LogP contribution < -0.4 is 10.9 Å². The van der Waals surface area contributed by atoms with Crippen LogP contribution in [0.1, 0.15) is 24.0 Å². The summed E-state index contributed by atoms with van der Waals surface area (Å²) < 4.78 is 27.2. The maximum Gasteiger partial charge on any atom is 0.268 e. The second-order valence-electron chi connectivity index (χ2n) is 5.68. The zero-order chi connectivity index (χ0) is 16.2. The summed E-state index contributed by atoms with van der Waals surface area (Å²) in [5.74, 6) is -2.51. The summed E-state index contributed by atoms with van der Waals surface area (Å²) in [5.41, 5.74) is 2.01. The van der Waals surface area contributed by atoms with Crippen molar-refractivity contribution in [2.75, 3.05) is 6.54 Å². The zero-order valence-electron chi connectivity index (χ0n) is 12.1. The van der Waals surface area contributed by atoms with E-state index in [1.54, 1.807) is 12.3 Å².